The third kappa shape index (κ3) is 5.74. The van der Waals surface area contributed by atoms with Gasteiger partial charge in [0.2, 0.25) is 0 Å². The average Bonchev–Trinajstić information content (AvgIpc) is 2.23. The van der Waals surface area contributed by atoms with Gasteiger partial charge in [0.25, 0.3) is 0 Å². The van der Waals surface area contributed by atoms with E-state index in [0.29, 0.717) is 0 Å². The van der Waals surface area contributed by atoms with Gasteiger partial charge in [-0.3, -0.25) is 4.98 Å². The molecule has 0 aliphatic carbocycles. The standard InChI is InChI=1S/C11H17BrN2O/c1-2-4-13-5-3-6-15-11-7-10(12)8-14-9-11/h7-9,13H,2-6H2,1H3. The molecule has 15 heavy (non-hydrogen) atoms. The van der Waals surface area contributed by atoms with Crippen molar-refractivity contribution in [1.29, 1.82) is 0 Å². The van der Waals surface area contributed by atoms with Crippen molar-refractivity contribution in [1.82, 2.24) is 10.3 Å². The Labute approximate surface area is 99.4 Å². The summed E-state index contributed by atoms with van der Waals surface area (Å²) in [7, 11) is 0. The Bertz CT molecular complexity index is 281. The predicted molar refractivity (Wildman–Crippen MR) is 65.2 cm³/mol. The number of ether oxygens (including phenoxy) is 1. The second-order valence-corrected chi connectivity index (χ2v) is 4.21. The second kappa shape index (κ2) is 7.65. The summed E-state index contributed by atoms with van der Waals surface area (Å²) in [5.74, 6) is 0.819. The maximum absolute atomic E-state index is 5.53. The van der Waals surface area contributed by atoms with Crippen molar-refractivity contribution in [2.24, 2.45) is 0 Å². The molecule has 1 aromatic heterocycles. The number of nitrogens with zero attached hydrogens (tertiary/aromatic N) is 1. The van der Waals surface area contributed by atoms with E-state index < -0.39 is 0 Å². The van der Waals surface area contributed by atoms with Gasteiger partial charge >= 0.3 is 0 Å². The molecule has 0 unspecified atom stereocenters. The van der Waals surface area contributed by atoms with Crippen LogP contribution in [0.3, 0.4) is 0 Å². The summed E-state index contributed by atoms with van der Waals surface area (Å²) in [6, 6.07) is 1.92. The number of aromatic nitrogens is 1. The fraction of sp³-hybridized carbons (Fsp3) is 0.545. The summed E-state index contributed by atoms with van der Waals surface area (Å²) in [6.45, 7) is 4.99. The quantitative estimate of drug-likeness (QED) is 0.775. The minimum Gasteiger partial charge on any atom is -0.492 e. The molecule has 0 aliphatic heterocycles. The van der Waals surface area contributed by atoms with Gasteiger partial charge in [0.1, 0.15) is 5.75 Å². The monoisotopic (exact) mass is 272 g/mol. The lowest BCUT2D eigenvalue weighted by Crippen LogP contribution is -2.18. The Balaban J connectivity index is 2.10. The molecule has 0 aromatic carbocycles. The van der Waals surface area contributed by atoms with Gasteiger partial charge in [-0.1, -0.05) is 6.92 Å². The van der Waals surface area contributed by atoms with Gasteiger partial charge in [-0.05, 0) is 47.9 Å². The highest BCUT2D eigenvalue weighted by Crippen LogP contribution is 2.15. The molecule has 0 atom stereocenters. The van der Waals surface area contributed by atoms with Gasteiger partial charge in [-0.15, -0.1) is 0 Å². The number of pyridine rings is 1. The predicted octanol–water partition coefficient (Wildman–Crippen LogP) is 2.61. The zero-order valence-electron chi connectivity index (χ0n) is 9.00. The molecule has 0 bridgehead atoms. The molecule has 0 aliphatic rings. The lowest BCUT2D eigenvalue weighted by atomic mass is 10.4. The number of hydrogen-bond acceptors (Lipinski definition) is 3. The Hall–Kier alpha value is -0.610. The molecule has 3 nitrogen and oxygen atoms in total. The maximum atomic E-state index is 5.53. The molecule has 1 rings (SSSR count). The molecule has 1 heterocycles. The first-order valence-corrected chi connectivity index (χ1v) is 6.06. The van der Waals surface area contributed by atoms with E-state index in [2.05, 4.69) is 33.2 Å². The zero-order chi connectivity index (χ0) is 10.9. The highest BCUT2D eigenvalue weighted by molar-refractivity contribution is 9.10. The minimum atomic E-state index is 0.731. The fourth-order valence-electron chi connectivity index (χ4n) is 1.16. The van der Waals surface area contributed by atoms with Gasteiger partial charge in [-0.25, -0.2) is 0 Å². The Morgan fingerprint density at radius 2 is 2.27 bits per heavy atom. The van der Waals surface area contributed by atoms with Gasteiger partial charge in [0.05, 0.1) is 12.8 Å². The van der Waals surface area contributed by atoms with Crippen LogP contribution in [-0.4, -0.2) is 24.7 Å². The molecular weight excluding hydrogens is 256 g/mol. The maximum Gasteiger partial charge on any atom is 0.138 e. The van der Waals surface area contributed by atoms with E-state index in [1.54, 1.807) is 12.4 Å². The summed E-state index contributed by atoms with van der Waals surface area (Å²) >= 11 is 3.35. The zero-order valence-corrected chi connectivity index (χ0v) is 10.6. The van der Waals surface area contributed by atoms with Crippen molar-refractivity contribution in [3.05, 3.63) is 22.9 Å². The number of rotatable bonds is 7. The van der Waals surface area contributed by atoms with Gasteiger partial charge in [-0.2, -0.15) is 0 Å². The van der Waals surface area contributed by atoms with E-state index in [1.807, 2.05) is 6.07 Å². The van der Waals surface area contributed by atoms with Crippen LogP contribution in [-0.2, 0) is 0 Å². The highest BCUT2D eigenvalue weighted by atomic mass is 79.9. The smallest absolute Gasteiger partial charge is 0.138 e. The van der Waals surface area contributed by atoms with Crippen molar-refractivity contribution >= 4 is 15.9 Å². The molecule has 0 amide bonds. The van der Waals surface area contributed by atoms with Crippen LogP contribution in [0, 0.1) is 0 Å². The molecule has 0 saturated heterocycles. The molecule has 0 saturated carbocycles. The van der Waals surface area contributed by atoms with Gasteiger partial charge in [0.15, 0.2) is 0 Å². The van der Waals surface area contributed by atoms with Crippen molar-refractivity contribution in [2.45, 2.75) is 19.8 Å². The van der Waals surface area contributed by atoms with Crippen LogP contribution in [0.15, 0.2) is 22.9 Å². The van der Waals surface area contributed by atoms with Crippen LogP contribution in [0.4, 0.5) is 0 Å². The molecule has 0 radical (unpaired) electrons. The SMILES string of the molecule is CCCNCCCOc1cncc(Br)c1. The molecule has 1 aromatic rings. The van der Waals surface area contributed by atoms with Crippen LogP contribution in [0.25, 0.3) is 0 Å². The molecular formula is C11H17BrN2O. The van der Waals surface area contributed by atoms with Crippen LogP contribution in [0.1, 0.15) is 19.8 Å². The largest absolute Gasteiger partial charge is 0.492 e. The van der Waals surface area contributed by atoms with Crippen molar-refractivity contribution < 1.29 is 4.74 Å². The third-order valence-corrected chi connectivity index (χ3v) is 2.31. The van der Waals surface area contributed by atoms with E-state index in [-0.39, 0.29) is 0 Å². The van der Waals surface area contributed by atoms with Crippen LogP contribution in [0.5, 0.6) is 5.75 Å². The van der Waals surface area contributed by atoms with E-state index >= 15 is 0 Å². The summed E-state index contributed by atoms with van der Waals surface area (Å²) in [5.41, 5.74) is 0. The molecule has 1 N–H and O–H groups in total. The van der Waals surface area contributed by atoms with Crippen LogP contribution >= 0.6 is 15.9 Å². The minimum absolute atomic E-state index is 0.731. The van der Waals surface area contributed by atoms with Crippen LogP contribution in [0.2, 0.25) is 0 Å². The average molecular weight is 273 g/mol. The summed E-state index contributed by atoms with van der Waals surface area (Å²) in [6.07, 6.45) is 5.67. The summed E-state index contributed by atoms with van der Waals surface area (Å²) < 4.78 is 6.48. The van der Waals surface area contributed by atoms with Crippen LogP contribution < -0.4 is 10.1 Å². The number of nitrogens with one attached hydrogen (secondary N) is 1. The first kappa shape index (κ1) is 12.5. The van der Waals surface area contributed by atoms with Crippen molar-refractivity contribution in [3.63, 3.8) is 0 Å². The van der Waals surface area contributed by atoms with Gasteiger partial charge in [0, 0.05) is 10.7 Å². The van der Waals surface area contributed by atoms with E-state index in [1.165, 1.54) is 6.42 Å². The third-order valence-electron chi connectivity index (χ3n) is 1.87. The van der Waals surface area contributed by atoms with E-state index in [0.717, 1.165) is 36.3 Å². The number of hydrogen-bond donors (Lipinski definition) is 1. The lowest BCUT2D eigenvalue weighted by Gasteiger charge is -2.06. The highest BCUT2D eigenvalue weighted by Gasteiger charge is 1.95. The van der Waals surface area contributed by atoms with Crippen molar-refractivity contribution in [2.75, 3.05) is 19.7 Å². The van der Waals surface area contributed by atoms with E-state index in [9.17, 15) is 0 Å². The first-order valence-electron chi connectivity index (χ1n) is 5.27. The Morgan fingerprint density at radius 1 is 1.40 bits per heavy atom. The lowest BCUT2D eigenvalue weighted by molar-refractivity contribution is 0.307. The topological polar surface area (TPSA) is 34.1 Å². The summed E-state index contributed by atoms with van der Waals surface area (Å²) in [5, 5.41) is 3.33. The fourth-order valence-corrected chi connectivity index (χ4v) is 1.50. The Kier molecular flexibility index (Phi) is 6.36. The normalized spacial score (nSPS) is 10.3. The van der Waals surface area contributed by atoms with Gasteiger partial charge < -0.3 is 10.1 Å². The van der Waals surface area contributed by atoms with Crippen molar-refractivity contribution in [3.8, 4) is 5.75 Å². The van der Waals surface area contributed by atoms with E-state index in [4.69, 9.17) is 4.74 Å². The molecule has 84 valence electrons. The molecule has 0 fully saturated rings. The Morgan fingerprint density at radius 3 is 3.00 bits per heavy atom. The molecule has 4 heteroatoms. The second-order valence-electron chi connectivity index (χ2n) is 3.29. The molecule has 0 spiro atoms. The first-order chi connectivity index (χ1) is 7.33. The summed E-state index contributed by atoms with van der Waals surface area (Å²) in [4.78, 5) is 4.03. The number of halogens is 1.